The number of methoxy groups -OCH3 is 1. The van der Waals surface area contributed by atoms with Crippen LogP contribution in [0.2, 0.25) is 0 Å². The molecule has 0 amide bonds. The number of alkyl halides is 3. The van der Waals surface area contributed by atoms with Gasteiger partial charge < -0.3 is 10.1 Å². The average Bonchev–Trinajstić information content (AvgIpc) is 2.81. The summed E-state index contributed by atoms with van der Waals surface area (Å²) < 4.78 is 44.8. The molecular weight excluding hydrogens is 355 g/mol. The normalized spacial score (nSPS) is 11.4. The first-order valence-corrected chi connectivity index (χ1v) is 7.24. The molecule has 1 aromatic heterocycles. The zero-order valence-corrected chi connectivity index (χ0v) is 12.8. The van der Waals surface area contributed by atoms with E-state index >= 15 is 0 Å². The molecule has 2 nitrogen and oxygen atoms in total. The summed E-state index contributed by atoms with van der Waals surface area (Å²) >= 11 is 4.79. The lowest BCUT2D eigenvalue weighted by atomic mass is 10.1. The highest BCUT2D eigenvalue weighted by Crippen LogP contribution is 2.37. The van der Waals surface area contributed by atoms with Crippen molar-refractivity contribution >= 4 is 33.0 Å². The van der Waals surface area contributed by atoms with Gasteiger partial charge in [-0.05, 0) is 46.3 Å². The quantitative estimate of drug-likeness (QED) is 0.808. The highest BCUT2D eigenvalue weighted by molar-refractivity contribution is 9.11. The Kier molecular flexibility index (Phi) is 4.59. The summed E-state index contributed by atoms with van der Waals surface area (Å²) in [5.41, 5.74) is -0.685. The van der Waals surface area contributed by atoms with Crippen LogP contribution in [-0.4, -0.2) is 7.11 Å². The van der Waals surface area contributed by atoms with Crippen molar-refractivity contribution in [1.29, 1.82) is 0 Å². The van der Waals surface area contributed by atoms with Crippen LogP contribution in [0.1, 0.15) is 10.4 Å². The van der Waals surface area contributed by atoms with Crippen LogP contribution >= 0.6 is 27.3 Å². The number of hydrogen-bond donors (Lipinski definition) is 1. The Morgan fingerprint density at radius 1 is 1.25 bits per heavy atom. The van der Waals surface area contributed by atoms with E-state index in [-0.39, 0.29) is 11.4 Å². The highest BCUT2D eigenvalue weighted by atomic mass is 79.9. The van der Waals surface area contributed by atoms with Gasteiger partial charge in [-0.1, -0.05) is 0 Å². The minimum atomic E-state index is -4.42. The lowest BCUT2D eigenvalue weighted by Gasteiger charge is -2.15. The second kappa shape index (κ2) is 6.05. The van der Waals surface area contributed by atoms with E-state index in [2.05, 4.69) is 21.2 Å². The van der Waals surface area contributed by atoms with Gasteiger partial charge in [0.2, 0.25) is 0 Å². The van der Waals surface area contributed by atoms with Gasteiger partial charge in [-0.15, -0.1) is 11.3 Å². The summed E-state index contributed by atoms with van der Waals surface area (Å²) in [7, 11) is 1.34. The highest BCUT2D eigenvalue weighted by Gasteiger charge is 2.34. The number of hydrogen-bond acceptors (Lipinski definition) is 3. The van der Waals surface area contributed by atoms with E-state index in [0.717, 1.165) is 14.7 Å². The summed E-state index contributed by atoms with van der Waals surface area (Å²) in [6.45, 7) is 0.339. The van der Waals surface area contributed by atoms with Crippen molar-refractivity contribution in [3.8, 4) is 5.75 Å². The fourth-order valence-corrected chi connectivity index (χ4v) is 3.09. The fourth-order valence-electron chi connectivity index (χ4n) is 1.67. The van der Waals surface area contributed by atoms with Gasteiger partial charge in [-0.2, -0.15) is 13.2 Å². The molecule has 0 aliphatic rings. The monoisotopic (exact) mass is 365 g/mol. The Morgan fingerprint density at radius 2 is 2.00 bits per heavy atom. The summed E-state index contributed by atoms with van der Waals surface area (Å²) in [5, 5.41) is 2.81. The smallest absolute Gasteiger partial charge is 0.418 e. The number of halogens is 4. The molecule has 1 aromatic carbocycles. The minimum absolute atomic E-state index is 0.0443. The predicted octanol–water partition coefficient (Wildman–Crippen LogP) is 5.15. The number of benzene rings is 1. The van der Waals surface area contributed by atoms with Gasteiger partial charge in [-0.25, -0.2) is 0 Å². The minimum Gasteiger partial charge on any atom is -0.497 e. The van der Waals surface area contributed by atoms with Gasteiger partial charge in [0.15, 0.2) is 0 Å². The van der Waals surface area contributed by atoms with Crippen LogP contribution in [0.3, 0.4) is 0 Å². The number of thiophene rings is 1. The largest absolute Gasteiger partial charge is 0.497 e. The van der Waals surface area contributed by atoms with Crippen molar-refractivity contribution < 1.29 is 17.9 Å². The molecule has 0 aliphatic heterocycles. The van der Waals surface area contributed by atoms with E-state index in [0.29, 0.717) is 6.54 Å². The first-order chi connectivity index (χ1) is 9.40. The molecule has 0 unspecified atom stereocenters. The Balaban J connectivity index is 2.22. The van der Waals surface area contributed by atoms with E-state index in [4.69, 9.17) is 4.74 Å². The summed E-state index contributed by atoms with van der Waals surface area (Å²) in [5.74, 6) is 0.182. The third-order valence-electron chi connectivity index (χ3n) is 2.61. The number of rotatable bonds is 4. The SMILES string of the molecule is COc1ccc(NCc2ccc(Br)s2)c(C(F)(F)F)c1. The molecule has 0 saturated carbocycles. The molecule has 2 aromatic rings. The van der Waals surface area contributed by atoms with Crippen molar-refractivity contribution in [2.45, 2.75) is 12.7 Å². The Morgan fingerprint density at radius 3 is 2.55 bits per heavy atom. The van der Waals surface area contributed by atoms with Crippen LogP contribution in [0.4, 0.5) is 18.9 Å². The molecule has 7 heteroatoms. The van der Waals surface area contributed by atoms with Crippen LogP contribution in [0.5, 0.6) is 5.75 Å². The van der Waals surface area contributed by atoms with E-state index in [1.54, 1.807) is 0 Å². The molecule has 0 bridgehead atoms. The Hall–Kier alpha value is -1.21. The van der Waals surface area contributed by atoms with E-state index < -0.39 is 11.7 Å². The molecule has 108 valence electrons. The first kappa shape index (κ1) is 15.2. The van der Waals surface area contributed by atoms with Gasteiger partial charge in [0.25, 0.3) is 0 Å². The molecule has 0 spiro atoms. The zero-order valence-electron chi connectivity index (χ0n) is 10.4. The second-order valence-corrected chi connectivity index (χ2v) is 6.52. The van der Waals surface area contributed by atoms with Crippen molar-refractivity contribution in [3.05, 3.63) is 44.6 Å². The third-order valence-corrected chi connectivity index (χ3v) is 4.24. The van der Waals surface area contributed by atoms with Crippen LogP contribution in [-0.2, 0) is 12.7 Å². The predicted molar refractivity (Wildman–Crippen MR) is 77.3 cm³/mol. The zero-order chi connectivity index (χ0) is 14.8. The van der Waals surface area contributed by atoms with Gasteiger partial charge in [-0.3, -0.25) is 0 Å². The molecular formula is C13H11BrF3NOS. The number of ether oxygens (including phenoxy) is 1. The van der Waals surface area contributed by atoms with E-state index in [9.17, 15) is 13.2 Å². The van der Waals surface area contributed by atoms with Crippen LogP contribution in [0.25, 0.3) is 0 Å². The Bertz CT molecular complexity index is 598. The molecule has 0 saturated heterocycles. The number of anilines is 1. The maximum atomic E-state index is 13.0. The molecule has 0 atom stereocenters. The molecule has 0 aliphatic carbocycles. The fraction of sp³-hybridized carbons (Fsp3) is 0.231. The van der Waals surface area contributed by atoms with Crippen molar-refractivity contribution in [2.24, 2.45) is 0 Å². The number of nitrogens with one attached hydrogen (secondary N) is 1. The van der Waals surface area contributed by atoms with Crippen LogP contribution in [0.15, 0.2) is 34.1 Å². The first-order valence-electron chi connectivity index (χ1n) is 5.63. The second-order valence-electron chi connectivity index (χ2n) is 3.97. The van der Waals surface area contributed by atoms with Gasteiger partial charge >= 0.3 is 6.18 Å². The van der Waals surface area contributed by atoms with Crippen molar-refractivity contribution in [1.82, 2.24) is 0 Å². The van der Waals surface area contributed by atoms with Crippen molar-refractivity contribution in [2.75, 3.05) is 12.4 Å². The van der Waals surface area contributed by atoms with Gasteiger partial charge in [0.05, 0.1) is 16.5 Å². The van der Waals surface area contributed by atoms with Crippen LogP contribution < -0.4 is 10.1 Å². The maximum Gasteiger partial charge on any atom is 0.418 e. The van der Waals surface area contributed by atoms with Crippen molar-refractivity contribution in [3.63, 3.8) is 0 Å². The average molecular weight is 366 g/mol. The van der Waals surface area contributed by atoms with E-state index in [1.807, 2.05) is 12.1 Å². The summed E-state index contributed by atoms with van der Waals surface area (Å²) in [4.78, 5) is 0.945. The third kappa shape index (κ3) is 3.67. The molecule has 1 N–H and O–H groups in total. The maximum absolute atomic E-state index is 13.0. The molecule has 20 heavy (non-hydrogen) atoms. The van der Waals surface area contributed by atoms with Gasteiger partial charge in [0.1, 0.15) is 5.75 Å². The standard InChI is InChI=1S/C13H11BrF3NOS/c1-19-8-2-4-11(10(6-8)13(15,16)17)18-7-9-3-5-12(14)20-9/h2-6,18H,7H2,1H3. The molecule has 1 heterocycles. The van der Waals surface area contributed by atoms with Crippen LogP contribution in [0, 0.1) is 0 Å². The topological polar surface area (TPSA) is 21.3 Å². The summed E-state index contributed by atoms with van der Waals surface area (Å²) in [6, 6.07) is 7.60. The van der Waals surface area contributed by atoms with Gasteiger partial charge in [0, 0.05) is 17.1 Å². The summed E-state index contributed by atoms with van der Waals surface area (Å²) in [6.07, 6.45) is -4.42. The Labute approximate surface area is 126 Å². The molecule has 0 radical (unpaired) electrons. The molecule has 2 rings (SSSR count). The lowest BCUT2D eigenvalue weighted by molar-refractivity contribution is -0.137. The molecule has 0 fully saturated rings. The van der Waals surface area contributed by atoms with E-state index in [1.165, 1.54) is 30.6 Å². The lowest BCUT2D eigenvalue weighted by Crippen LogP contribution is -2.10.